The minimum absolute atomic E-state index is 0.0477. The monoisotopic (exact) mass is 508 g/mol. The number of non-ortho nitro benzene ring substituents is 1. The zero-order chi connectivity index (χ0) is 20.8. The highest BCUT2D eigenvalue weighted by Crippen LogP contribution is 2.35. The molecule has 0 bridgehead atoms. The van der Waals surface area contributed by atoms with Gasteiger partial charge in [-0.3, -0.25) is 10.1 Å². The Balaban J connectivity index is 1.69. The Hall–Kier alpha value is -2.88. The molecule has 0 aromatic heterocycles. The van der Waals surface area contributed by atoms with Crippen LogP contribution in [0.4, 0.5) is 15.8 Å². The van der Waals surface area contributed by atoms with Gasteiger partial charge in [0.05, 0.1) is 15.6 Å². The molecule has 6 nitrogen and oxygen atoms in total. The first kappa shape index (κ1) is 20.8. The van der Waals surface area contributed by atoms with Crippen molar-refractivity contribution >= 4 is 34.0 Å². The lowest BCUT2D eigenvalue weighted by molar-refractivity contribution is -0.384. The highest BCUT2D eigenvalue weighted by molar-refractivity contribution is 14.1. The zero-order valence-electron chi connectivity index (χ0n) is 15.5. The molecule has 0 aliphatic rings. The van der Waals surface area contributed by atoms with Crippen LogP contribution < -0.4 is 14.8 Å². The van der Waals surface area contributed by atoms with E-state index in [1.807, 2.05) is 12.1 Å². The number of benzene rings is 3. The summed E-state index contributed by atoms with van der Waals surface area (Å²) in [6.07, 6.45) is 0. The molecule has 3 aromatic carbocycles. The molecule has 0 saturated carbocycles. The van der Waals surface area contributed by atoms with E-state index >= 15 is 0 Å². The molecule has 150 valence electrons. The molecule has 0 atom stereocenters. The second kappa shape index (κ2) is 9.55. The van der Waals surface area contributed by atoms with Gasteiger partial charge in [-0.2, -0.15) is 0 Å². The number of halogens is 2. The topological polar surface area (TPSA) is 73.6 Å². The standard InChI is InChI=1S/C21H18FIN2O4/c1-28-20-11-15(12-24-17-5-7-18(8-6-17)25(26)27)10-19(23)21(20)29-13-14-3-2-4-16(22)9-14/h2-11,24H,12-13H2,1H3. The molecule has 0 saturated heterocycles. The van der Waals surface area contributed by atoms with Crippen LogP contribution in [0.25, 0.3) is 0 Å². The second-order valence-electron chi connectivity index (χ2n) is 6.19. The Labute approximate surface area is 180 Å². The third kappa shape index (κ3) is 5.57. The summed E-state index contributed by atoms with van der Waals surface area (Å²) in [5.41, 5.74) is 2.51. The van der Waals surface area contributed by atoms with Crippen LogP contribution in [0.2, 0.25) is 0 Å². The first-order valence-corrected chi connectivity index (χ1v) is 9.76. The number of methoxy groups -OCH3 is 1. The Morgan fingerprint density at radius 1 is 1.10 bits per heavy atom. The van der Waals surface area contributed by atoms with Crippen LogP contribution >= 0.6 is 22.6 Å². The number of hydrogen-bond donors (Lipinski definition) is 1. The lowest BCUT2D eigenvalue weighted by atomic mass is 10.2. The van der Waals surface area contributed by atoms with Crippen molar-refractivity contribution in [1.82, 2.24) is 0 Å². The Morgan fingerprint density at radius 2 is 1.86 bits per heavy atom. The quantitative estimate of drug-likeness (QED) is 0.246. The van der Waals surface area contributed by atoms with Crippen molar-refractivity contribution in [1.29, 1.82) is 0 Å². The van der Waals surface area contributed by atoms with Crippen LogP contribution in [0, 0.1) is 19.5 Å². The van der Waals surface area contributed by atoms with E-state index in [0.29, 0.717) is 18.0 Å². The minimum atomic E-state index is -0.431. The smallest absolute Gasteiger partial charge is 0.269 e. The molecule has 0 spiro atoms. The minimum Gasteiger partial charge on any atom is -0.493 e. The summed E-state index contributed by atoms with van der Waals surface area (Å²) < 4.78 is 25.5. The summed E-state index contributed by atoms with van der Waals surface area (Å²) in [7, 11) is 1.56. The molecule has 0 unspecified atom stereocenters. The van der Waals surface area contributed by atoms with Crippen molar-refractivity contribution in [3.8, 4) is 11.5 Å². The maximum atomic E-state index is 13.3. The van der Waals surface area contributed by atoms with Crippen molar-refractivity contribution in [2.24, 2.45) is 0 Å². The summed E-state index contributed by atoms with van der Waals surface area (Å²) in [4.78, 5) is 10.3. The zero-order valence-corrected chi connectivity index (χ0v) is 17.7. The van der Waals surface area contributed by atoms with E-state index in [0.717, 1.165) is 20.4 Å². The second-order valence-corrected chi connectivity index (χ2v) is 7.35. The van der Waals surface area contributed by atoms with Gasteiger partial charge in [-0.25, -0.2) is 4.39 Å². The van der Waals surface area contributed by atoms with Crippen LogP contribution in [-0.4, -0.2) is 12.0 Å². The van der Waals surface area contributed by atoms with Gasteiger partial charge in [0.1, 0.15) is 12.4 Å². The summed E-state index contributed by atoms with van der Waals surface area (Å²) in [5.74, 6) is 0.866. The lowest BCUT2D eigenvalue weighted by Gasteiger charge is -2.15. The van der Waals surface area contributed by atoms with Crippen molar-refractivity contribution < 1.29 is 18.8 Å². The van der Waals surface area contributed by atoms with Crippen LogP contribution in [0.3, 0.4) is 0 Å². The van der Waals surface area contributed by atoms with Gasteiger partial charge in [0.15, 0.2) is 11.5 Å². The maximum absolute atomic E-state index is 13.3. The van der Waals surface area contributed by atoms with Gasteiger partial charge >= 0.3 is 0 Å². The molecule has 0 heterocycles. The Morgan fingerprint density at radius 3 is 2.52 bits per heavy atom. The van der Waals surface area contributed by atoms with E-state index in [9.17, 15) is 14.5 Å². The predicted molar refractivity (Wildman–Crippen MR) is 117 cm³/mol. The largest absolute Gasteiger partial charge is 0.493 e. The number of nitrogens with one attached hydrogen (secondary N) is 1. The fourth-order valence-corrected chi connectivity index (χ4v) is 3.52. The van der Waals surface area contributed by atoms with Crippen molar-refractivity contribution in [3.63, 3.8) is 0 Å². The summed E-state index contributed by atoms with van der Waals surface area (Å²) >= 11 is 2.17. The molecule has 3 rings (SSSR count). The fourth-order valence-electron chi connectivity index (χ4n) is 2.70. The Kier molecular flexibility index (Phi) is 6.86. The molecule has 29 heavy (non-hydrogen) atoms. The van der Waals surface area contributed by atoms with E-state index < -0.39 is 4.92 Å². The number of hydrogen-bond acceptors (Lipinski definition) is 5. The molecule has 1 N–H and O–H groups in total. The van der Waals surface area contributed by atoms with Crippen molar-refractivity contribution in [3.05, 3.63) is 91.3 Å². The molecular formula is C21H18FIN2O4. The number of nitrogens with zero attached hydrogens (tertiary/aromatic N) is 1. The van der Waals surface area contributed by atoms with Crippen LogP contribution in [0.15, 0.2) is 60.7 Å². The Bertz CT molecular complexity index is 1010. The van der Waals surface area contributed by atoms with E-state index in [1.54, 1.807) is 31.4 Å². The van der Waals surface area contributed by atoms with E-state index in [2.05, 4.69) is 27.9 Å². The predicted octanol–water partition coefficient (Wildman–Crippen LogP) is 5.54. The van der Waals surface area contributed by atoms with Gasteiger partial charge in [0.2, 0.25) is 0 Å². The third-order valence-corrected chi connectivity index (χ3v) is 4.94. The normalized spacial score (nSPS) is 10.4. The first-order valence-electron chi connectivity index (χ1n) is 8.68. The molecule has 0 aliphatic heterocycles. The highest BCUT2D eigenvalue weighted by atomic mass is 127. The van der Waals surface area contributed by atoms with Gasteiger partial charge in [-0.05, 0) is 70.1 Å². The van der Waals surface area contributed by atoms with Gasteiger partial charge in [0.25, 0.3) is 5.69 Å². The summed E-state index contributed by atoms with van der Waals surface area (Å²) in [6.45, 7) is 0.735. The summed E-state index contributed by atoms with van der Waals surface area (Å²) in [5, 5.41) is 14.0. The summed E-state index contributed by atoms with van der Waals surface area (Å²) in [6, 6.07) is 16.3. The number of rotatable bonds is 8. The van der Waals surface area contributed by atoms with Gasteiger partial charge in [-0.1, -0.05) is 12.1 Å². The number of nitro groups is 1. The fraction of sp³-hybridized carbons (Fsp3) is 0.143. The van der Waals surface area contributed by atoms with E-state index in [1.165, 1.54) is 24.3 Å². The maximum Gasteiger partial charge on any atom is 0.269 e. The molecule has 0 aliphatic carbocycles. The molecule has 8 heteroatoms. The van der Waals surface area contributed by atoms with Crippen molar-refractivity contribution in [2.45, 2.75) is 13.2 Å². The molecular weight excluding hydrogens is 490 g/mol. The third-order valence-electron chi connectivity index (χ3n) is 4.14. The lowest BCUT2D eigenvalue weighted by Crippen LogP contribution is -2.04. The molecule has 0 amide bonds. The number of nitro benzene ring substituents is 1. The van der Waals surface area contributed by atoms with Gasteiger partial charge in [0, 0.05) is 24.4 Å². The number of ether oxygens (including phenoxy) is 2. The first-order chi connectivity index (χ1) is 14.0. The van der Waals surface area contributed by atoms with E-state index in [4.69, 9.17) is 9.47 Å². The molecule has 3 aromatic rings. The van der Waals surface area contributed by atoms with Crippen LogP contribution in [0.5, 0.6) is 11.5 Å². The molecule has 0 radical (unpaired) electrons. The van der Waals surface area contributed by atoms with Gasteiger partial charge in [-0.15, -0.1) is 0 Å². The van der Waals surface area contributed by atoms with Crippen LogP contribution in [0.1, 0.15) is 11.1 Å². The van der Waals surface area contributed by atoms with Crippen molar-refractivity contribution in [2.75, 3.05) is 12.4 Å². The SMILES string of the molecule is COc1cc(CNc2ccc([N+](=O)[O-])cc2)cc(I)c1OCc1cccc(F)c1. The average molecular weight is 508 g/mol. The average Bonchev–Trinajstić information content (AvgIpc) is 2.71. The molecule has 0 fully saturated rings. The highest BCUT2D eigenvalue weighted by Gasteiger charge is 2.12. The van der Waals surface area contributed by atoms with Crippen LogP contribution in [-0.2, 0) is 13.2 Å². The van der Waals surface area contributed by atoms with E-state index in [-0.39, 0.29) is 18.1 Å². The number of anilines is 1. The van der Waals surface area contributed by atoms with Gasteiger partial charge < -0.3 is 14.8 Å².